The van der Waals surface area contributed by atoms with E-state index in [1.54, 1.807) is 12.1 Å². The van der Waals surface area contributed by atoms with Gasteiger partial charge in [-0.1, -0.05) is 60.7 Å². The quantitative estimate of drug-likeness (QED) is 0.392. The van der Waals surface area contributed by atoms with Crippen LogP contribution in [0.1, 0.15) is 20.7 Å². The Hall–Kier alpha value is -3.33. The molecule has 4 rings (SSSR count). The van der Waals surface area contributed by atoms with Crippen molar-refractivity contribution in [1.29, 1.82) is 0 Å². The lowest BCUT2D eigenvalue weighted by Gasteiger charge is -2.26. The first kappa shape index (κ1) is 22.8. The molecule has 1 aliphatic rings. The first-order chi connectivity index (χ1) is 15.9. The summed E-state index contributed by atoms with van der Waals surface area (Å²) in [5.74, 6) is -1.11. The Morgan fingerprint density at radius 1 is 0.818 bits per heavy atom. The second-order valence-corrected chi connectivity index (χ2v) is 9.42. The Morgan fingerprint density at radius 2 is 1.48 bits per heavy atom. The average molecular weight is 466 g/mol. The summed E-state index contributed by atoms with van der Waals surface area (Å²) in [6, 6.07) is 22.5. The van der Waals surface area contributed by atoms with Crippen LogP contribution in [0.2, 0.25) is 0 Å². The summed E-state index contributed by atoms with van der Waals surface area (Å²) < 4.78 is 37.3. The van der Waals surface area contributed by atoms with E-state index in [9.17, 15) is 18.0 Å². The number of nitrogens with zero attached hydrogens (tertiary/aromatic N) is 1. The number of rotatable bonds is 7. The average Bonchev–Trinajstić information content (AvgIpc) is 2.88. The number of carbonyl (C=O) groups excluding carboxylic acids is 2. The maximum Gasteiger partial charge on any atom is 0.338 e. The molecule has 0 spiro atoms. The molecule has 0 atom stereocenters. The molecule has 0 aromatic heterocycles. The first-order valence-electron chi connectivity index (χ1n) is 10.5. The molecule has 0 unspecified atom stereocenters. The van der Waals surface area contributed by atoms with Gasteiger partial charge in [-0.15, -0.1) is 0 Å². The minimum atomic E-state index is -3.74. The number of ether oxygens (including phenoxy) is 2. The lowest BCUT2D eigenvalue weighted by atomic mass is 10.0. The van der Waals surface area contributed by atoms with Crippen LogP contribution in [0.5, 0.6) is 0 Å². The van der Waals surface area contributed by atoms with E-state index in [4.69, 9.17) is 9.47 Å². The molecule has 0 saturated carbocycles. The maximum absolute atomic E-state index is 12.8. The predicted octanol–water partition coefficient (Wildman–Crippen LogP) is 3.41. The number of sulfonamides is 1. The zero-order valence-corrected chi connectivity index (χ0v) is 18.7. The van der Waals surface area contributed by atoms with Crippen molar-refractivity contribution in [3.8, 4) is 11.1 Å². The van der Waals surface area contributed by atoms with Gasteiger partial charge < -0.3 is 9.47 Å². The number of benzene rings is 3. The Kier molecular flexibility index (Phi) is 6.98. The van der Waals surface area contributed by atoms with Gasteiger partial charge in [0, 0.05) is 18.7 Å². The lowest BCUT2D eigenvalue weighted by molar-refractivity contribution is 0.0474. The predicted molar refractivity (Wildman–Crippen MR) is 123 cm³/mol. The van der Waals surface area contributed by atoms with E-state index in [-0.39, 0.29) is 29.3 Å². The molecule has 1 aliphatic heterocycles. The molecule has 0 N–H and O–H groups in total. The third-order valence-electron chi connectivity index (χ3n) is 5.33. The van der Waals surface area contributed by atoms with Gasteiger partial charge in [0.15, 0.2) is 12.4 Å². The molecular weight excluding hydrogens is 442 g/mol. The van der Waals surface area contributed by atoms with Crippen LogP contribution in [0.4, 0.5) is 0 Å². The second kappa shape index (κ2) is 10.1. The summed E-state index contributed by atoms with van der Waals surface area (Å²) in [7, 11) is -3.74. The molecule has 8 heteroatoms. The zero-order valence-electron chi connectivity index (χ0n) is 17.8. The van der Waals surface area contributed by atoms with Gasteiger partial charge >= 0.3 is 5.97 Å². The van der Waals surface area contributed by atoms with Crippen molar-refractivity contribution in [3.05, 3.63) is 90.0 Å². The molecule has 0 bridgehead atoms. The van der Waals surface area contributed by atoms with Gasteiger partial charge in [0.05, 0.1) is 23.7 Å². The highest BCUT2D eigenvalue weighted by atomic mass is 32.2. The van der Waals surface area contributed by atoms with Gasteiger partial charge in [-0.25, -0.2) is 13.2 Å². The molecular formula is C25H23NO6S. The summed E-state index contributed by atoms with van der Waals surface area (Å²) in [5.41, 5.74) is 2.50. The number of ketones is 1. The number of carbonyl (C=O) groups is 2. The number of esters is 1. The summed E-state index contributed by atoms with van der Waals surface area (Å²) >= 11 is 0. The fourth-order valence-electron chi connectivity index (χ4n) is 3.50. The van der Waals surface area contributed by atoms with Crippen molar-refractivity contribution in [2.45, 2.75) is 4.90 Å². The first-order valence-corrected chi connectivity index (χ1v) is 11.9. The standard InChI is InChI=1S/C25H23NO6S/c27-24(21-11-9-20(10-12-21)19-5-2-1-3-6-19)18-32-25(28)22-7-4-8-23(17-22)33(29,30)26-13-15-31-16-14-26/h1-12,17H,13-16,18H2. The zero-order chi connectivity index (χ0) is 23.3. The summed E-state index contributed by atoms with van der Waals surface area (Å²) in [6.07, 6.45) is 0. The van der Waals surface area contributed by atoms with E-state index in [1.807, 2.05) is 42.5 Å². The van der Waals surface area contributed by atoms with Crippen LogP contribution < -0.4 is 0 Å². The molecule has 3 aromatic rings. The van der Waals surface area contributed by atoms with Crippen molar-refractivity contribution in [1.82, 2.24) is 4.31 Å². The molecule has 33 heavy (non-hydrogen) atoms. The highest BCUT2D eigenvalue weighted by molar-refractivity contribution is 7.89. The molecule has 1 heterocycles. The Labute approximate surface area is 192 Å². The van der Waals surface area contributed by atoms with E-state index in [0.29, 0.717) is 18.8 Å². The molecule has 7 nitrogen and oxygen atoms in total. The fraction of sp³-hybridized carbons (Fsp3) is 0.200. The summed E-state index contributed by atoms with van der Waals surface area (Å²) in [6.45, 7) is 0.734. The van der Waals surface area contributed by atoms with Crippen molar-refractivity contribution in [2.24, 2.45) is 0 Å². The smallest absolute Gasteiger partial charge is 0.338 e. The highest BCUT2D eigenvalue weighted by Crippen LogP contribution is 2.20. The van der Waals surface area contributed by atoms with E-state index in [2.05, 4.69) is 0 Å². The molecule has 170 valence electrons. The van der Waals surface area contributed by atoms with E-state index >= 15 is 0 Å². The van der Waals surface area contributed by atoms with Gasteiger partial charge in [0.1, 0.15) is 0 Å². The number of morpholine rings is 1. The van der Waals surface area contributed by atoms with Gasteiger partial charge in [0.25, 0.3) is 0 Å². The topological polar surface area (TPSA) is 90.0 Å². The highest BCUT2D eigenvalue weighted by Gasteiger charge is 2.27. The Bertz CT molecular complexity index is 1230. The van der Waals surface area contributed by atoms with Crippen LogP contribution in [-0.4, -0.2) is 57.4 Å². The fourth-order valence-corrected chi connectivity index (χ4v) is 4.95. The van der Waals surface area contributed by atoms with Crippen LogP contribution in [0, 0.1) is 0 Å². The van der Waals surface area contributed by atoms with Gasteiger partial charge in [-0.2, -0.15) is 4.31 Å². The monoisotopic (exact) mass is 465 g/mol. The van der Waals surface area contributed by atoms with Crippen LogP contribution in [0.15, 0.2) is 83.8 Å². The lowest BCUT2D eigenvalue weighted by Crippen LogP contribution is -2.40. The number of hydrogen-bond acceptors (Lipinski definition) is 6. The molecule has 0 aliphatic carbocycles. The van der Waals surface area contributed by atoms with Crippen molar-refractivity contribution < 1.29 is 27.5 Å². The van der Waals surface area contributed by atoms with Crippen LogP contribution in [-0.2, 0) is 19.5 Å². The molecule has 0 radical (unpaired) electrons. The maximum atomic E-state index is 12.8. The van der Waals surface area contributed by atoms with Gasteiger partial charge in [0.2, 0.25) is 10.0 Å². The number of hydrogen-bond donors (Lipinski definition) is 0. The van der Waals surface area contributed by atoms with E-state index < -0.39 is 22.6 Å². The third kappa shape index (κ3) is 5.36. The summed E-state index contributed by atoms with van der Waals surface area (Å²) in [4.78, 5) is 24.9. The van der Waals surface area contributed by atoms with Crippen LogP contribution >= 0.6 is 0 Å². The van der Waals surface area contributed by atoms with E-state index in [0.717, 1.165) is 11.1 Å². The van der Waals surface area contributed by atoms with Gasteiger partial charge in [-0.05, 0) is 29.3 Å². The third-order valence-corrected chi connectivity index (χ3v) is 7.22. The Morgan fingerprint density at radius 3 is 2.18 bits per heavy atom. The summed E-state index contributed by atoms with van der Waals surface area (Å²) in [5, 5.41) is 0. The largest absolute Gasteiger partial charge is 0.454 e. The van der Waals surface area contributed by atoms with Crippen molar-refractivity contribution in [2.75, 3.05) is 32.9 Å². The molecule has 3 aromatic carbocycles. The normalized spacial score (nSPS) is 14.5. The Balaban J connectivity index is 1.39. The van der Waals surface area contributed by atoms with E-state index in [1.165, 1.54) is 28.6 Å². The van der Waals surface area contributed by atoms with Crippen molar-refractivity contribution >= 4 is 21.8 Å². The van der Waals surface area contributed by atoms with Crippen molar-refractivity contribution in [3.63, 3.8) is 0 Å². The minimum Gasteiger partial charge on any atom is -0.454 e. The van der Waals surface area contributed by atoms with Crippen LogP contribution in [0.25, 0.3) is 11.1 Å². The molecule has 1 fully saturated rings. The minimum absolute atomic E-state index is 0.00155. The van der Waals surface area contributed by atoms with Gasteiger partial charge in [-0.3, -0.25) is 4.79 Å². The molecule has 1 saturated heterocycles. The number of Topliss-reactive ketones (excluding diaryl/α,β-unsaturated/α-hetero) is 1. The second-order valence-electron chi connectivity index (χ2n) is 7.49. The van der Waals surface area contributed by atoms with Crippen LogP contribution in [0.3, 0.4) is 0 Å². The molecule has 0 amide bonds. The SMILES string of the molecule is O=C(COC(=O)c1cccc(S(=O)(=O)N2CCOCC2)c1)c1ccc(-c2ccccc2)cc1.